The lowest BCUT2D eigenvalue weighted by Gasteiger charge is -2.21. The Morgan fingerprint density at radius 2 is 2.22 bits per heavy atom. The van der Waals surface area contributed by atoms with E-state index >= 15 is 0 Å². The van der Waals surface area contributed by atoms with Crippen molar-refractivity contribution in [3.8, 4) is 0 Å². The molecule has 3 atom stereocenters. The Morgan fingerprint density at radius 3 is 2.78 bits per heavy atom. The first-order valence-corrected chi connectivity index (χ1v) is 6.42. The number of benzene rings is 1. The zero-order chi connectivity index (χ0) is 13.0. The lowest BCUT2D eigenvalue weighted by molar-refractivity contribution is -0.126. The van der Waals surface area contributed by atoms with Crippen molar-refractivity contribution in [1.29, 1.82) is 0 Å². The maximum atomic E-state index is 12.1. The standard InChI is InChI=1S/C14H20N2O2/c1-10-12(7-8-15-10)14(18)16-13(9-17)11-5-3-2-4-6-11/h2-6,10,12-13,15,17H,7-9H2,1H3,(H,16,18)/t10?,12?,13-/m0/s1. The highest BCUT2D eigenvalue weighted by atomic mass is 16.3. The Labute approximate surface area is 107 Å². The third kappa shape index (κ3) is 2.89. The molecule has 3 N–H and O–H groups in total. The van der Waals surface area contributed by atoms with E-state index in [1.807, 2.05) is 37.3 Å². The van der Waals surface area contributed by atoms with E-state index in [1.165, 1.54) is 0 Å². The van der Waals surface area contributed by atoms with Crippen LogP contribution >= 0.6 is 0 Å². The van der Waals surface area contributed by atoms with E-state index in [2.05, 4.69) is 10.6 Å². The van der Waals surface area contributed by atoms with Crippen molar-refractivity contribution in [2.45, 2.75) is 25.4 Å². The van der Waals surface area contributed by atoms with E-state index in [4.69, 9.17) is 0 Å². The van der Waals surface area contributed by atoms with Crippen molar-refractivity contribution in [3.05, 3.63) is 35.9 Å². The second-order valence-corrected chi connectivity index (χ2v) is 4.79. The topological polar surface area (TPSA) is 61.4 Å². The first-order chi connectivity index (χ1) is 8.72. The molecule has 1 aromatic rings. The first kappa shape index (κ1) is 13.1. The van der Waals surface area contributed by atoms with Crippen molar-refractivity contribution in [2.24, 2.45) is 5.92 Å². The van der Waals surface area contributed by atoms with Crippen molar-refractivity contribution < 1.29 is 9.90 Å². The highest BCUT2D eigenvalue weighted by Gasteiger charge is 2.30. The summed E-state index contributed by atoms with van der Waals surface area (Å²) in [7, 11) is 0. The molecule has 1 heterocycles. The van der Waals surface area contributed by atoms with Crippen LogP contribution in [0.5, 0.6) is 0 Å². The molecule has 4 nitrogen and oxygen atoms in total. The molecule has 0 aromatic heterocycles. The lowest BCUT2D eigenvalue weighted by Crippen LogP contribution is -2.39. The Kier molecular flexibility index (Phi) is 4.33. The third-order valence-corrected chi connectivity index (χ3v) is 3.56. The summed E-state index contributed by atoms with van der Waals surface area (Å²) in [5.74, 6) is 0.0261. The molecule has 0 radical (unpaired) electrons. The van der Waals surface area contributed by atoms with Gasteiger partial charge >= 0.3 is 0 Å². The number of hydrogen-bond acceptors (Lipinski definition) is 3. The number of nitrogens with one attached hydrogen (secondary N) is 2. The van der Waals surface area contributed by atoms with Crippen molar-refractivity contribution in [2.75, 3.05) is 13.2 Å². The van der Waals surface area contributed by atoms with Crippen LogP contribution in [0, 0.1) is 5.92 Å². The number of aliphatic hydroxyl groups is 1. The quantitative estimate of drug-likeness (QED) is 0.740. The Balaban J connectivity index is 2.00. The van der Waals surface area contributed by atoms with Gasteiger partial charge in [0.1, 0.15) is 0 Å². The summed E-state index contributed by atoms with van der Waals surface area (Å²) in [4.78, 5) is 12.1. The zero-order valence-corrected chi connectivity index (χ0v) is 10.6. The number of aliphatic hydroxyl groups excluding tert-OH is 1. The molecule has 4 heteroatoms. The Morgan fingerprint density at radius 1 is 1.50 bits per heavy atom. The molecule has 1 amide bonds. The van der Waals surface area contributed by atoms with Crippen LogP contribution in [0.15, 0.2) is 30.3 Å². The summed E-state index contributed by atoms with van der Waals surface area (Å²) >= 11 is 0. The van der Waals surface area contributed by atoms with E-state index in [0.29, 0.717) is 0 Å². The van der Waals surface area contributed by atoms with Gasteiger partial charge in [0.15, 0.2) is 0 Å². The van der Waals surface area contributed by atoms with Gasteiger partial charge < -0.3 is 15.7 Å². The van der Waals surface area contributed by atoms with Crippen LogP contribution in [0.1, 0.15) is 24.9 Å². The predicted molar refractivity (Wildman–Crippen MR) is 70.0 cm³/mol. The summed E-state index contributed by atoms with van der Waals surface area (Å²) in [5, 5.41) is 15.6. The van der Waals surface area contributed by atoms with Gasteiger partial charge in [0, 0.05) is 6.04 Å². The Hall–Kier alpha value is -1.39. The van der Waals surface area contributed by atoms with E-state index in [1.54, 1.807) is 0 Å². The van der Waals surface area contributed by atoms with Gasteiger partial charge in [-0.2, -0.15) is 0 Å². The van der Waals surface area contributed by atoms with Gasteiger partial charge in [-0.15, -0.1) is 0 Å². The van der Waals surface area contributed by atoms with Crippen LogP contribution in [0.25, 0.3) is 0 Å². The SMILES string of the molecule is CC1NCCC1C(=O)N[C@@H](CO)c1ccccc1. The minimum atomic E-state index is -0.313. The van der Waals surface area contributed by atoms with Crippen LogP contribution < -0.4 is 10.6 Å². The molecule has 2 unspecified atom stereocenters. The van der Waals surface area contributed by atoms with E-state index in [-0.39, 0.29) is 30.5 Å². The maximum Gasteiger partial charge on any atom is 0.225 e. The van der Waals surface area contributed by atoms with Crippen LogP contribution in [0.2, 0.25) is 0 Å². The van der Waals surface area contributed by atoms with Gasteiger partial charge in [0.25, 0.3) is 0 Å². The smallest absolute Gasteiger partial charge is 0.225 e. The first-order valence-electron chi connectivity index (χ1n) is 6.42. The fourth-order valence-corrected chi connectivity index (χ4v) is 2.42. The minimum Gasteiger partial charge on any atom is -0.394 e. The molecular weight excluding hydrogens is 228 g/mol. The largest absolute Gasteiger partial charge is 0.394 e. The van der Waals surface area contributed by atoms with Gasteiger partial charge in [-0.3, -0.25) is 4.79 Å². The average molecular weight is 248 g/mol. The monoisotopic (exact) mass is 248 g/mol. The summed E-state index contributed by atoms with van der Waals surface area (Å²) in [6.45, 7) is 2.83. The van der Waals surface area contributed by atoms with E-state index in [0.717, 1.165) is 18.5 Å². The molecule has 0 aliphatic carbocycles. The summed E-state index contributed by atoms with van der Waals surface area (Å²) in [6, 6.07) is 9.46. The summed E-state index contributed by atoms with van der Waals surface area (Å²) < 4.78 is 0. The van der Waals surface area contributed by atoms with Crippen molar-refractivity contribution in [1.82, 2.24) is 10.6 Å². The van der Waals surface area contributed by atoms with Gasteiger partial charge in [-0.1, -0.05) is 30.3 Å². The van der Waals surface area contributed by atoms with Crippen molar-refractivity contribution >= 4 is 5.91 Å². The zero-order valence-electron chi connectivity index (χ0n) is 10.6. The second kappa shape index (κ2) is 5.98. The molecule has 0 saturated carbocycles. The molecule has 2 rings (SSSR count). The normalized spacial score (nSPS) is 24.8. The Bertz CT molecular complexity index is 394. The number of carbonyl (C=O) groups excluding carboxylic acids is 1. The minimum absolute atomic E-state index is 0.00256. The molecule has 18 heavy (non-hydrogen) atoms. The number of hydrogen-bond donors (Lipinski definition) is 3. The highest BCUT2D eigenvalue weighted by Crippen LogP contribution is 2.18. The lowest BCUT2D eigenvalue weighted by atomic mass is 9.99. The van der Waals surface area contributed by atoms with E-state index in [9.17, 15) is 9.90 Å². The molecule has 1 aromatic carbocycles. The van der Waals surface area contributed by atoms with Gasteiger partial charge in [-0.25, -0.2) is 0 Å². The average Bonchev–Trinajstić information content (AvgIpc) is 2.83. The van der Waals surface area contributed by atoms with E-state index < -0.39 is 0 Å². The summed E-state index contributed by atoms with van der Waals surface area (Å²) in [6.07, 6.45) is 0.861. The highest BCUT2D eigenvalue weighted by molar-refractivity contribution is 5.80. The van der Waals surface area contributed by atoms with Gasteiger partial charge in [0.05, 0.1) is 18.6 Å². The van der Waals surface area contributed by atoms with Crippen LogP contribution in [0.3, 0.4) is 0 Å². The summed E-state index contributed by atoms with van der Waals surface area (Å²) in [5.41, 5.74) is 0.937. The molecule has 1 aliphatic rings. The predicted octanol–water partition coefficient (Wildman–Crippen LogP) is 0.834. The molecule has 1 saturated heterocycles. The van der Waals surface area contributed by atoms with Crippen LogP contribution in [-0.4, -0.2) is 30.2 Å². The van der Waals surface area contributed by atoms with Gasteiger partial charge in [0.2, 0.25) is 5.91 Å². The van der Waals surface area contributed by atoms with Crippen molar-refractivity contribution in [3.63, 3.8) is 0 Å². The molecule has 1 fully saturated rings. The second-order valence-electron chi connectivity index (χ2n) is 4.79. The van der Waals surface area contributed by atoms with Crippen LogP contribution in [-0.2, 0) is 4.79 Å². The molecular formula is C14H20N2O2. The maximum absolute atomic E-state index is 12.1. The number of amides is 1. The molecule has 0 spiro atoms. The molecule has 0 bridgehead atoms. The van der Waals surface area contributed by atoms with Gasteiger partial charge in [-0.05, 0) is 25.5 Å². The van der Waals surface area contributed by atoms with Crippen LogP contribution in [0.4, 0.5) is 0 Å². The third-order valence-electron chi connectivity index (χ3n) is 3.56. The number of rotatable bonds is 4. The fourth-order valence-electron chi connectivity index (χ4n) is 2.42. The fraction of sp³-hybridized carbons (Fsp3) is 0.500. The molecule has 98 valence electrons. The molecule has 1 aliphatic heterocycles. The number of carbonyl (C=O) groups is 1.